The Morgan fingerprint density at radius 3 is 2.25 bits per heavy atom. The molecule has 28 heavy (non-hydrogen) atoms. The van der Waals surface area contributed by atoms with E-state index in [1.165, 1.54) is 4.31 Å². The Morgan fingerprint density at radius 2 is 1.64 bits per heavy atom. The van der Waals surface area contributed by atoms with Crippen molar-refractivity contribution < 1.29 is 8.42 Å². The summed E-state index contributed by atoms with van der Waals surface area (Å²) in [5.41, 5.74) is 3.83. The summed E-state index contributed by atoms with van der Waals surface area (Å²) in [6.07, 6.45) is 0. The molecule has 1 aromatic heterocycles. The third-order valence-corrected chi connectivity index (χ3v) is 7.10. The average molecular weight is 401 g/mol. The van der Waals surface area contributed by atoms with Crippen LogP contribution in [-0.4, -0.2) is 43.6 Å². The number of hydrogen-bond donors (Lipinski definition) is 0. The second kappa shape index (κ2) is 7.56. The van der Waals surface area contributed by atoms with Crippen LogP contribution < -0.4 is 4.90 Å². The van der Waals surface area contributed by atoms with Gasteiger partial charge in [0.25, 0.3) is 0 Å². The molecule has 0 atom stereocenters. The van der Waals surface area contributed by atoms with Crippen molar-refractivity contribution >= 4 is 26.5 Å². The van der Waals surface area contributed by atoms with Crippen LogP contribution in [-0.2, 0) is 23.1 Å². The van der Waals surface area contributed by atoms with Gasteiger partial charge in [-0.05, 0) is 32.9 Å². The van der Waals surface area contributed by atoms with Crippen molar-refractivity contribution in [2.24, 2.45) is 0 Å². The summed E-state index contributed by atoms with van der Waals surface area (Å²) in [6, 6.07) is 11.2. The van der Waals surface area contributed by atoms with Crippen LogP contribution >= 0.6 is 0 Å². The van der Waals surface area contributed by atoms with E-state index in [0.29, 0.717) is 11.4 Å². The number of aromatic nitrogens is 2. The molecule has 0 bridgehead atoms. The van der Waals surface area contributed by atoms with Crippen LogP contribution in [0.25, 0.3) is 10.8 Å². The van der Waals surface area contributed by atoms with Gasteiger partial charge in [0.05, 0.1) is 10.6 Å². The Kier molecular flexibility index (Phi) is 5.50. The standard InChI is InChI=1S/C21H28N4O2S/c1-7-25-16(3)19(15(2)22-25)14-24(6)28(26,27)21-13-9-10-17-18(21)11-8-12-20(17)23(4)5/h8-13H,7,14H2,1-6H3. The maximum Gasteiger partial charge on any atom is 0.243 e. The van der Waals surface area contributed by atoms with Crippen LogP contribution in [0.15, 0.2) is 41.3 Å². The highest BCUT2D eigenvalue weighted by Crippen LogP contribution is 2.32. The number of benzene rings is 2. The van der Waals surface area contributed by atoms with Crippen molar-refractivity contribution in [3.63, 3.8) is 0 Å². The molecule has 0 aliphatic carbocycles. The van der Waals surface area contributed by atoms with Gasteiger partial charge in [-0.25, -0.2) is 8.42 Å². The van der Waals surface area contributed by atoms with Gasteiger partial charge in [0.2, 0.25) is 10.0 Å². The van der Waals surface area contributed by atoms with Crippen molar-refractivity contribution in [3.8, 4) is 0 Å². The fourth-order valence-corrected chi connectivity index (χ4v) is 4.97. The normalized spacial score (nSPS) is 12.1. The Morgan fingerprint density at radius 1 is 1.00 bits per heavy atom. The summed E-state index contributed by atoms with van der Waals surface area (Å²) in [4.78, 5) is 2.32. The highest BCUT2D eigenvalue weighted by molar-refractivity contribution is 7.89. The third kappa shape index (κ3) is 3.40. The zero-order valence-corrected chi connectivity index (χ0v) is 18.2. The van der Waals surface area contributed by atoms with Gasteiger partial charge in [-0.1, -0.05) is 24.3 Å². The smallest absolute Gasteiger partial charge is 0.243 e. The summed E-state index contributed by atoms with van der Waals surface area (Å²) in [7, 11) is 1.89. The molecule has 6 nitrogen and oxygen atoms in total. The van der Waals surface area contributed by atoms with E-state index in [-0.39, 0.29) is 0 Å². The van der Waals surface area contributed by atoms with Crippen LogP contribution in [0.3, 0.4) is 0 Å². The monoisotopic (exact) mass is 400 g/mol. The second-order valence-electron chi connectivity index (χ2n) is 7.25. The molecule has 0 saturated carbocycles. The van der Waals surface area contributed by atoms with Crippen molar-refractivity contribution in [1.29, 1.82) is 0 Å². The van der Waals surface area contributed by atoms with E-state index in [0.717, 1.165) is 40.0 Å². The molecule has 0 N–H and O–H groups in total. The lowest BCUT2D eigenvalue weighted by Gasteiger charge is -2.20. The van der Waals surface area contributed by atoms with Crippen LogP contribution in [0.1, 0.15) is 23.9 Å². The van der Waals surface area contributed by atoms with E-state index >= 15 is 0 Å². The summed E-state index contributed by atoms with van der Waals surface area (Å²) < 4.78 is 30.2. The molecule has 2 aromatic carbocycles. The molecule has 0 spiro atoms. The van der Waals surface area contributed by atoms with Gasteiger partial charge in [-0.3, -0.25) is 4.68 Å². The average Bonchev–Trinajstić information content (AvgIpc) is 2.94. The summed E-state index contributed by atoms with van der Waals surface area (Å²) >= 11 is 0. The maximum atomic E-state index is 13.4. The van der Waals surface area contributed by atoms with Crippen LogP contribution in [0.2, 0.25) is 0 Å². The Balaban J connectivity index is 2.06. The minimum atomic E-state index is -3.66. The van der Waals surface area contributed by atoms with Gasteiger partial charge in [0.1, 0.15) is 0 Å². The molecule has 3 aromatic rings. The minimum absolute atomic E-state index is 0.295. The van der Waals surface area contributed by atoms with Crippen LogP contribution in [0.5, 0.6) is 0 Å². The Hall–Kier alpha value is -2.38. The first-order valence-corrected chi connectivity index (χ1v) is 10.8. The largest absolute Gasteiger partial charge is 0.377 e. The molecular weight excluding hydrogens is 372 g/mol. The first-order valence-electron chi connectivity index (χ1n) is 9.36. The molecule has 0 fully saturated rings. The quantitative estimate of drug-likeness (QED) is 0.635. The van der Waals surface area contributed by atoms with Crippen molar-refractivity contribution in [2.75, 3.05) is 26.0 Å². The Bertz CT molecular complexity index is 1120. The second-order valence-corrected chi connectivity index (χ2v) is 9.26. The molecule has 7 heteroatoms. The highest BCUT2D eigenvalue weighted by Gasteiger charge is 2.25. The fraction of sp³-hybridized carbons (Fsp3) is 0.381. The van der Waals surface area contributed by atoms with Gasteiger partial charge >= 0.3 is 0 Å². The van der Waals surface area contributed by atoms with Gasteiger partial charge in [0.15, 0.2) is 0 Å². The molecular formula is C21H28N4O2S. The summed E-state index contributed by atoms with van der Waals surface area (Å²) in [5.74, 6) is 0. The molecule has 0 aliphatic heterocycles. The van der Waals surface area contributed by atoms with E-state index in [1.807, 2.05) is 74.8 Å². The lowest BCUT2D eigenvalue weighted by Crippen LogP contribution is -2.27. The Labute approximate surface area is 167 Å². The van der Waals surface area contributed by atoms with Crippen molar-refractivity contribution in [3.05, 3.63) is 53.3 Å². The molecule has 0 saturated heterocycles. The first-order chi connectivity index (χ1) is 13.2. The number of sulfonamides is 1. The molecule has 0 aliphatic rings. The predicted octanol–water partition coefficient (Wildman–Crippen LogP) is 3.56. The lowest BCUT2D eigenvalue weighted by atomic mass is 10.1. The number of hydrogen-bond acceptors (Lipinski definition) is 4. The maximum absolute atomic E-state index is 13.4. The zero-order valence-electron chi connectivity index (χ0n) is 17.4. The third-order valence-electron chi connectivity index (χ3n) is 5.24. The number of aryl methyl sites for hydroxylation is 2. The van der Waals surface area contributed by atoms with Gasteiger partial charge in [0, 0.05) is 61.9 Å². The van der Waals surface area contributed by atoms with Crippen LogP contribution in [0.4, 0.5) is 5.69 Å². The zero-order chi connectivity index (χ0) is 20.6. The topological polar surface area (TPSA) is 58.4 Å². The summed E-state index contributed by atoms with van der Waals surface area (Å²) in [5, 5.41) is 6.17. The SMILES string of the molecule is CCn1nc(C)c(CN(C)S(=O)(=O)c2cccc3c(N(C)C)cccc23)c1C. The predicted molar refractivity (Wildman–Crippen MR) is 114 cm³/mol. The first kappa shape index (κ1) is 20.4. The number of fused-ring (bicyclic) bond motifs is 1. The van der Waals surface area contributed by atoms with Crippen molar-refractivity contribution in [1.82, 2.24) is 14.1 Å². The van der Waals surface area contributed by atoms with E-state index in [9.17, 15) is 8.42 Å². The van der Waals surface area contributed by atoms with E-state index < -0.39 is 10.0 Å². The molecule has 0 radical (unpaired) electrons. The molecule has 1 heterocycles. The molecule has 3 rings (SSSR count). The molecule has 0 unspecified atom stereocenters. The van der Waals surface area contributed by atoms with Gasteiger partial charge in [-0.15, -0.1) is 0 Å². The van der Waals surface area contributed by atoms with E-state index in [2.05, 4.69) is 5.10 Å². The number of rotatable bonds is 6. The van der Waals surface area contributed by atoms with Gasteiger partial charge in [-0.2, -0.15) is 9.40 Å². The molecule has 150 valence electrons. The lowest BCUT2D eigenvalue weighted by molar-refractivity contribution is 0.465. The van der Waals surface area contributed by atoms with E-state index in [1.54, 1.807) is 13.1 Å². The van der Waals surface area contributed by atoms with E-state index in [4.69, 9.17) is 0 Å². The summed E-state index contributed by atoms with van der Waals surface area (Å²) in [6.45, 7) is 7.00. The molecule has 0 amide bonds. The van der Waals surface area contributed by atoms with Gasteiger partial charge < -0.3 is 4.90 Å². The number of nitrogens with zero attached hydrogens (tertiary/aromatic N) is 4. The van der Waals surface area contributed by atoms with Crippen molar-refractivity contribution in [2.45, 2.75) is 38.8 Å². The minimum Gasteiger partial charge on any atom is -0.377 e. The number of anilines is 1. The highest BCUT2D eigenvalue weighted by atomic mass is 32.2. The fourth-order valence-electron chi connectivity index (χ4n) is 3.63. The van der Waals surface area contributed by atoms with Crippen LogP contribution in [0, 0.1) is 13.8 Å².